The van der Waals surface area contributed by atoms with Crippen molar-refractivity contribution in [3.05, 3.63) is 35.1 Å². The van der Waals surface area contributed by atoms with Crippen LogP contribution in [0.4, 0.5) is 4.39 Å². The second kappa shape index (κ2) is 5.09. The van der Waals surface area contributed by atoms with Crippen LogP contribution in [0.25, 0.3) is 0 Å². The first-order valence-corrected chi connectivity index (χ1v) is 6.51. The van der Waals surface area contributed by atoms with Gasteiger partial charge in [-0.2, -0.15) is 0 Å². The van der Waals surface area contributed by atoms with Gasteiger partial charge in [0.15, 0.2) is 0 Å². The zero-order valence-electron chi connectivity index (χ0n) is 10.8. The molecule has 2 rings (SSSR count). The van der Waals surface area contributed by atoms with Gasteiger partial charge in [0, 0.05) is 0 Å². The molecule has 0 aliphatic heterocycles. The summed E-state index contributed by atoms with van der Waals surface area (Å²) in [5.41, 5.74) is 1.80. The third-order valence-electron chi connectivity index (χ3n) is 3.97. The summed E-state index contributed by atoms with van der Waals surface area (Å²) in [6.45, 7) is 3.87. The Morgan fingerprint density at radius 3 is 2.78 bits per heavy atom. The molecule has 1 aliphatic carbocycles. The lowest BCUT2D eigenvalue weighted by Crippen LogP contribution is -2.04. The Morgan fingerprint density at radius 1 is 1.56 bits per heavy atom. The van der Waals surface area contributed by atoms with Crippen LogP contribution in [-0.2, 0) is 4.79 Å². The summed E-state index contributed by atoms with van der Waals surface area (Å²) >= 11 is 0. The molecule has 1 aromatic carbocycles. The van der Waals surface area contributed by atoms with Crippen LogP contribution in [0.3, 0.4) is 0 Å². The average molecular weight is 250 g/mol. The maximum absolute atomic E-state index is 13.2. The van der Waals surface area contributed by atoms with E-state index in [1.165, 1.54) is 6.07 Å². The number of hydrogen-bond donors (Lipinski definition) is 1. The molecule has 0 aromatic heterocycles. The number of halogens is 1. The Bertz CT molecular complexity index is 456. The number of hydrogen-bond acceptors (Lipinski definition) is 1. The molecular formula is C15H19FO2. The molecule has 1 N–H and O–H groups in total. The maximum atomic E-state index is 13.2. The molecule has 2 nitrogen and oxygen atoms in total. The highest BCUT2D eigenvalue weighted by molar-refractivity contribution is 5.73. The maximum Gasteiger partial charge on any atom is 0.306 e. The van der Waals surface area contributed by atoms with Crippen molar-refractivity contribution in [2.24, 2.45) is 11.8 Å². The second-order valence-corrected chi connectivity index (χ2v) is 5.29. The Balaban J connectivity index is 2.05. The number of aliphatic carboxylic acids is 1. The van der Waals surface area contributed by atoms with Crippen LogP contribution in [0.15, 0.2) is 18.2 Å². The molecule has 18 heavy (non-hydrogen) atoms. The third-order valence-corrected chi connectivity index (χ3v) is 3.97. The Hall–Kier alpha value is -1.38. The van der Waals surface area contributed by atoms with E-state index >= 15 is 0 Å². The number of rotatable bonds is 5. The monoisotopic (exact) mass is 250 g/mol. The summed E-state index contributed by atoms with van der Waals surface area (Å²) in [6, 6.07) is 5.23. The van der Waals surface area contributed by atoms with E-state index in [1.807, 2.05) is 12.1 Å². The highest BCUT2D eigenvalue weighted by Crippen LogP contribution is 2.46. The lowest BCUT2D eigenvalue weighted by molar-refractivity contribution is -0.138. The molecule has 0 spiro atoms. The highest BCUT2D eigenvalue weighted by Gasteiger charge is 2.43. The van der Waals surface area contributed by atoms with E-state index < -0.39 is 5.97 Å². The minimum Gasteiger partial charge on any atom is -0.481 e. The van der Waals surface area contributed by atoms with Crippen molar-refractivity contribution in [2.45, 2.75) is 39.0 Å². The highest BCUT2D eigenvalue weighted by atomic mass is 19.1. The van der Waals surface area contributed by atoms with Crippen LogP contribution in [0.5, 0.6) is 0 Å². The topological polar surface area (TPSA) is 37.3 Å². The van der Waals surface area contributed by atoms with E-state index in [0.717, 1.165) is 24.8 Å². The molecule has 3 heteroatoms. The lowest BCUT2D eigenvalue weighted by atomic mass is 9.90. The van der Waals surface area contributed by atoms with Gasteiger partial charge in [0.25, 0.3) is 0 Å². The SMILES string of the molecule is CCC(CC1CC1C(=O)O)c1ccc(F)c(C)c1. The van der Waals surface area contributed by atoms with Gasteiger partial charge in [0.2, 0.25) is 0 Å². The second-order valence-electron chi connectivity index (χ2n) is 5.29. The van der Waals surface area contributed by atoms with Gasteiger partial charge in [0.1, 0.15) is 5.82 Å². The van der Waals surface area contributed by atoms with Crippen LogP contribution < -0.4 is 0 Å². The van der Waals surface area contributed by atoms with Crippen LogP contribution in [-0.4, -0.2) is 11.1 Å². The molecule has 0 heterocycles. The molecule has 0 amide bonds. The summed E-state index contributed by atoms with van der Waals surface area (Å²) in [6.07, 6.45) is 2.67. The minimum atomic E-state index is -0.676. The summed E-state index contributed by atoms with van der Waals surface area (Å²) in [5.74, 6) is -0.356. The van der Waals surface area contributed by atoms with Gasteiger partial charge in [-0.25, -0.2) is 4.39 Å². The first kappa shape index (κ1) is 13.1. The molecule has 3 atom stereocenters. The van der Waals surface area contributed by atoms with Crippen molar-refractivity contribution in [3.63, 3.8) is 0 Å². The first-order chi connectivity index (χ1) is 8.52. The molecule has 98 valence electrons. The summed E-state index contributed by atoms with van der Waals surface area (Å²) in [7, 11) is 0. The van der Waals surface area contributed by atoms with Gasteiger partial charge in [-0.15, -0.1) is 0 Å². The van der Waals surface area contributed by atoms with E-state index in [2.05, 4.69) is 6.92 Å². The fourth-order valence-corrected chi connectivity index (χ4v) is 2.64. The molecule has 0 bridgehead atoms. The summed E-state index contributed by atoms with van der Waals surface area (Å²) < 4.78 is 13.2. The van der Waals surface area contributed by atoms with E-state index in [4.69, 9.17) is 5.11 Å². The van der Waals surface area contributed by atoms with Crippen LogP contribution in [0.2, 0.25) is 0 Å². The molecule has 0 saturated heterocycles. The molecule has 1 fully saturated rings. The predicted molar refractivity (Wildman–Crippen MR) is 68.0 cm³/mol. The minimum absolute atomic E-state index is 0.152. The zero-order chi connectivity index (χ0) is 13.3. The molecular weight excluding hydrogens is 231 g/mol. The van der Waals surface area contributed by atoms with Gasteiger partial charge in [-0.3, -0.25) is 4.79 Å². The predicted octanol–water partition coefficient (Wildman–Crippen LogP) is 3.74. The molecule has 0 radical (unpaired) electrons. The van der Waals surface area contributed by atoms with E-state index in [-0.39, 0.29) is 11.7 Å². The normalized spacial score (nSPS) is 23.7. The fraction of sp³-hybridized carbons (Fsp3) is 0.533. The number of carboxylic acid groups (broad SMARTS) is 1. The number of carboxylic acids is 1. The van der Waals surface area contributed by atoms with Crippen molar-refractivity contribution in [1.82, 2.24) is 0 Å². The third kappa shape index (κ3) is 2.71. The van der Waals surface area contributed by atoms with E-state index in [0.29, 0.717) is 17.4 Å². The van der Waals surface area contributed by atoms with Crippen molar-refractivity contribution in [3.8, 4) is 0 Å². The number of carbonyl (C=O) groups is 1. The van der Waals surface area contributed by atoms with Crippen molar-refractivity contribution in [1.29, 1.82) is 0 Å². The largest absolute Gasteiger partial charge is 0.481 e. The number of benzene rings is 1. The average Bonchev–Trinajstić information content (AvgIpc) is 3.09. The molecule has 1 aromatic rings. The zero-order valence-corrected chi connectivity index (χ0v) is 10.8. The molecule has 1 aliphatic rings. The fourth-order valence-electron chi connectivity index (χ4n) is 2.64. The van der Waals surface area contributed by atoms with Gasteiger partial charge in [0.05, 0.1) is 5.92 Å². The van der Waals surface area contributed by atoms with Gasteiger partial charge in [-0.1, -0.05) is 19.1 Å². The summed E-state index contributed by atoms with van der Waals surface area (Å²) in [5, 5.41) is 8.91. The quantitative estimate of drug-likeness (QED) is 0.864. The Labute approximate surface area is 107 Å². The van der Waals surface area contributed by atoms with Crippen LogP contribution in [0, 0.1) is 24.6 Å². The van der Waals surface area contributed by atoms with Crippen LogP contribution >= 0.6 is 0 Å². The smallest absolute Gasteiger partial charge is 0.306 e. The van der Waals surface area contributed by atoms with Crippen molar-refractivity contribution < 1.29 is 14.3 Å². The van der Waals surface area contributed by atoms with Gasteiger partial charge < -0.3 is 5.11 Å². The van der Waals surface area contributed by atoms with Gasteiger partial charge >= 0.3 is 5.97 Å². The van der Waals surface area contributed by atoms with Gasteiger partial charge in [-0.05, 0) is 55.2 Å². The van der Waals surface area contributed by atoms with E-state index in [9.17, 15) is 9.18 Å². The standard InChI is InChI=1S/C15H19FO2/c1-3-10(7-12-8-13(12)15(17)18)11-4-5-14(16)9(2)6-11/h4-6,10,12-13H,3,7-8H2,1-2H3,(H,17,18). The number of aryl methyl sites for hydroxylation is 1. The van der Waals surface area contributed by atoms with Crippen LogP contribution in [0.1, 0.15) is 43.2 Å². The first-order valence-electron chi connectivity index (χ1n) is 6.51. The van der Waals surface area contributed by atoms with E-state index in [1.54, 1.807) is 6.92 Å². The van der Waals surface area contributed by atoms with Crippen molar-refractivity contribution in [2.75, 3.05) is 0 Å². The molecule has 3 unspecified atom stereocenters. The lowest BCUT2D eigenvalue weighted by Gasteiger charge is -2.16. The molecule has 1 saturated carbocycles. The summed E-state index contributed by atoms with van der Waals surface area (Å²) in [4.78, 5) is 10.8. The van der Waals surface area contributed by atoms with Crippen molar-refractivity contribution >= 4 is 5.97 Å². The Morgan fingerprint density at radius 2 is 2.28 bits per heavy atom. The Kier molecular flexibility index (Phi) is 3.69.